The van der Waals surface area contributed by atoms with Crippen LogP contribution < -0.4 is 10.5 Å². The standard InChI is InChI=1S/C11H9N5O2S/c12-7-8-6-9(13)2-3-10(8)19(17,18)16-11-14-4-1-5-15-11/h1-6H,13H2,(H,14,15,16). The molecule has 2 rings (SSSR count). The fourth-order valence-electron chi connectivity index (χ4n) is 1.40. The third kappa shape index (κ3) is 2.78. The van der Waals surface area contributed by atoms with Gasteiger partial charge in [-0.3, -0.25) is 0 Å². The number of nitrogens with zero attached hydrogens (tertiary/aromatic N) is 3. The molecule has 0 spiro atoms. The van der Waals surface area contributed by atoms with E-state index in [2.05, 4.69) is 14.7 Å². The average molecular weight is 275 g/mol. The van der Waals surface area contributed by atoms with Crippen molar-refractivity contribution in [1.29, 1.82) is 5.26 Å². The third-order valence-corrected chi connectivity index (χ3v) is 3.59. The maximum Gasteiger partial charge on any atom is 0.265 e. The van der Waals surface area contributed by atoms with E-state index in [0.717, 1.165) is 0 Å². The molecule has 0 amide bonds. The largest absolute Gasteiger partial charge is 0.399 e. The van der Waals surface area contributed by atoms with E-state index in [0.29, 0.717) is 5.69 Å². The molecular weight excluding hydrogens is 266 g/mol. The van der Waals surface area contributed by atoms with Gasteiger partial charge in [0, 0.05) is 18.1 Å². The molecule has 0 atom stereocenters. The summed E-state index contributed by atoms with van der Waals surface area (Å²) in [6, 6.07) is 7.30. The Bertz CT molecular complexity index is 737. The van der Waals surface area contributed by atoms with Gasteiger partial charge in [0.1, 0.15) is 11.0 Å². The highest BCUT2D eigenvalue weighted by molar-refractivity contribution is 7.92. The second-order valence-corrected chi connectivity index (χ2v) is 5.20. The van der Waals surface area contributed by atoms with Crippen molar-refractivity contribution in [3.8, 4) is 6.07 Å². The smallest absolute Gasteiger partial charge is 0.265 e. The van der Waals surface area contributed by atoms with Gasteiger partial charge in [0.15, 0.2) is 0 Å². The number of nitriles is 1. The normalized spacial score (nSPS) is 10.7. The van der Waals surface area contributed by atoms with Crippen molar-refractivity contribution in [1.82, 2.24) is 9.97 Å². The van der Waals surface area contributed by atoms with E-state index in [9.17, 15) is 8.42 Å². The number of rotatable bonds is 3. The fourth-order valence-corrected chi connectivity index (χ4v) is 2.49. The first kappa shape index (κ1) is 12.8. The average Bonchev–Trinajstić information content (AvgIpc) is 2.38. The van der Waals surface area contributed by atoms with Gasteiger partial charge in [0.2, 0.25) is 5.95 Å². The van der Waals surface area contributed by atoms with Crippen molar-refractivity contribution in [2.45, 2.75) is 4.90 Å². The number of nitrogens with two attached hydrogens (primary N) is 1. The number of hydrogen-bond acceptors (Lipinski definition) is 6. The molecule has 1 heterocycles. The minimum absolute atomic E-state index is 0.0385. The van der Waals surface area contributed by atoms with E-state index in [1.807, 2.05) is 0 Å². The van der Waals surface area contributed by atoms with Gasteiger partial charge in [-0.2, -0.15) is 5.26 Å². The van der Waals surface area contributed by atoms with E-state index in [4.69, 9.17) is 11.0 Å². The van der Waals surface area contributed by atoms with Crippen LogP contribution in [0.1, 0.15) is 5.56 Å². The highest BCUT2D eigenvalue weighted by Gasteiger charge is 2.19. The molecule has 0 fully saturated rings. The third-order valence-electron chi connectivity index (χ3n) is 2.21. The quantitative estimate of drug-likeness (QED) is 0.796. The van der Waals surface area contributed by atoms with E-state index in [1.54, 1.807) is 12.1 Å². The van der Waals surface area contributed by atoms with Crippen LogP contribution in [0, 0.1) is 11.3 Å². The van der Waals surface area contributed by atoms with E-state index < -0.39 is 10.0 Å². The summed E-state index contributed by atoms with van der Waals surface area (Å²) in [5.41, 5.74) is 5.78. The molecule has 0 saturated carbocycles. The molecule has 19 heavy (non-hydrogen) atoms. The van der Waals surface area contributed by atoms with Gasteiger partial charge in [-0.15, -0.1) is 0 Å². The second-order valence-electron chi connectivity index (χ2n) is 3.55. The van der Waals surface area contributed by atoms with Gasteiger partial charge in [0.25, 0.3) is 10.0 Å². The Morgan fingerprint density at radius 1 is 1.26 bits per heavy atom. The lowest BCUT2D eigenvalue weighted by molar-refractivity contribution is 0.600. The number of nitrogens with one attached hydrogen (secondary N) is 1. The van der Waals surface area contributed by atoms with Gasteiger partial charge < -0.3 is 5.73 Å². The summed E-state index contributed by atoms with van der Waals surface area (Å²) in [6.07, 6.45) is 2.80. The molecule has 1 aromatic carbocycles. The molecule has 0 aliphatic heterocycles. The molecular formula is C11H9N5O2S. The van der Waals surface area contributed by atoms with Crippen molar-refractivity contribution < 1.29 is 8.42 Å². The number of sulfonamides is 1. The van der Waals surface area contributed by atoms with Gasteiger partial charge in [-0.25, -0.2) is 23.1 Å². The Morgan fingerprint density at radius 3 is 2.58 bits per heavy atom. The lowest BCUT2D eigenvalue weighted by Gasteiger charge is -2.08. The molecule has 96 valence electrons. The zero-order valence-corrected chi connectivity index (χ0v) is 10.4. The Balaban J connectivity index is 2.44. The van der Waals surface area contributed by atoms with Crippen LogP contribution in [0.5, 0.6) is 0 Å². The maximum absolute atomic E-state index is 12.1. The van der Waals surface area contributed by atoms with Gasteiger partial charge >= 0.3 is 0 Å². The maximum atomic E-state index is 12.1. The minimum Gasteiger partial charge on any atom is -0.399 e. The molecule has 0 bridgehead atoms. The van der Waals surface area contributed by atoms with Crippen LogP contribution in [0.25, 0.3) is 0 Å². The predicted molar refractivity (Wildman–Crippen MR) is 68.4 cm³/mol. The van der Waals surface area contributed by atoms with Gasteiger partial charge in [-0.1, -0.05) is 0 Å². The van der Waals surface area contributed by atoms with Crippen molar-refractivity contribution in [3.05, 3.63) is 42.2 Å². The first-order valence-electron chi connectivity index (χ1n) is 5.12. The van der Waals surface area contributed by atoms with Crippen LogP contribution in [0.2, 0.25) is 0 Å². The molecule has 0 radical (unpaired) electrons. The Hall–Kier alpha value is -2.66. The summed E-state index contributed by atoms with van der Waals surface area (Å²) in [5, 5.41) is 8.94. The van der Waals surface area contributed by atoms with Crippen molar-refractivity contribution in [2.24, 2.45) is 0 Å². The Morgan fingerprint density at radius 2 is 1.95 bits per heavy atom. The van der Waals surface area contributed by atoms with Crippen molar-refractivity contribution in [2.75, 3.05) is 10.5 Å². The highest BCUT2D eigenvalue weighted by Crippen LogP contribution is 2.19. The Labute approximate surface area is 109 Å². The van der Waals surface area contributed by atoms with Crippen LogP contribution in [-0.4, -0.2) is 18.4 Å². The van der Waals surface area contributed by atoms with Gasteiger partial charge in [0.05, 0.1) is 5.56 Å². The molecule has 0 aliphatic carbocycles. The lowest BCUT2D eigenvalue weighted by atomic mass is 10.2. The first-order valence-corrected chi connectivity index (χ1v) is 6.61. The molecule has 0 aliphatic rings. The summed E-state index contributed by atoms with van der Waals surface area (Å²) >= 11 is 0. The molecule has 3 N–H and O–H groups in total. The van der Waals surface area contributed by atoms with Crippen molar-refractivity contribution in [3.63, 3.8) is 0 Å². The highest BCUT2D eigenvalue weighted by atomic mass is 32.2. The summed E-state index contributed by atoms with van der Waals surface area (Å²) in [5.74, 6) is -0.0665. The zero-order chi connectivity index (χ0) is 13.9. The molecule has 0 unspecified atom stereocenters. The summed E-state index contributed by atoms with van der Waals surface area (Å²) in [4.78, 5) is 7.34. The molecule has 8 heteroatoms. The fraction of sp³-hybridized carbons (Fsp3) is 0. The predicted octanol–water partition coefficient (Wildman–Crippen LogP) is 0.731. The van der Waals surface area contributed by atoms with E-state index in [1.165, 1.54) is 30.6 Å². The van der Waals surface area contributed by atoms with Crippen molar-refractivity contribution >= 4 is 21.7 Å². The summed E-state index contributed by atoms with van der Waals surface area (Å²) < 4.78 is 26.4. The van der Waals surface area contributed by atoms with Crippen LogP contribution in [0.4, 0.5) is 11.6 Å². The van der Waals surface area contributed by atoms with Crippen LogP contribution >= 0.6 is 0 Å². The summed E-state index contributed by atoms with van der Waals surface area (Å²) in [6.45, 7) is 0. The first-order chi connectivity index (χ1) is 9.03. The van der Waals surface area contributed by atoms with Crippen LogP contribution in [0.3, 0.4) is 0 Å². The molecule has 7 nitrogen and oxygen atoms in total. The monoisotopic (exact) mass is 275 g/mol. The molecule has 0 saturated heterocycles. The Kier molecular flexibility index (Phi) is 3.31. The second kappa shape index (κ2) is 4.91. The molecule has 2 aromatic rings. The number of benzene rings is 1. The molecule has 1 aromatic heterocycles. The van der Waals surface area contributed by atoms with Crippen LogP contribution in [-0.2, 0) is 10.0 Å². The van der Waals surface area contributed by atoms with Gasteiger partial charge in [-0.05, 0) is 24.3 Å². The summed E-state index contributed by atoms with van der Waals surface area (Å²) in [7, 11) is -3.93. The number of nitrogen functional groups attached to an aromatic ring is 1. The topological polar surface area (TPSA) is 122 Å². The van der Waals surface area contributed by atoms with Crippen LogP contribution in [0.15, 0.2) is 41.6 Å². The lowest BCUT2D eigenvalue weighted by Crippen LogP contribution is -2.16. The van der Waals surface area contributed by atoms with E-state index in [-0.39, 0.29) is 16.4 Å². The number of anilines is 2. The van der Waals surface area contributed by atoms with E-state index >= 15 is 0 Å². The zero-order valence-electron chi connectivity index (χ0n) is 9.61. The minimum atomic E-state index is -3.93. The SMILES string of the molecule is N#Cc1cc(N)ccc1S(=O)(=O)Nc1ncccn1. The number of hydrogen-bond donors (Lipinski definition) is 2. The number of aromatic nitrogens is 2.